The topological polar surface area (TPSA) is 79.7 Å². The monoisotopic (exact) mass is 560 g/mol. The number of ether oxygens (including phenoxy) is 1. The Balaban J connectivity index is 1.59. The zero-order chi connectivity index (χ0) is 26.0. The fourth-order valence-electron chi connectivity index (χ4n) is 3.74. The summed E-state index contributed by atoms with van der Waals surface area (Å²) in [5.41, 5.74) is 2.18. The third kappa shape index (κ3) is 6.00. The van der Waals surface area contributed by atoms with E-state index in [-0.39, 0.29) is 15.4 Å². The standard InChI is InChI=1S/C26H22Cl2N2O4S2/c1-14(2)9-21(25(32)33)30-24(31)22(36-26(30)35)12-17-10-16-11-19(7-8-20(16)29-23(17)28)34-13-15-3-5-18(27)6-4-15/h3-8,10-12,14,21H,9,13H2,1-2H3,(H,32,33)/b22-12-/t21-/m0/s1. The smallest absolute Gasteiger partial charge is 0.326 e. The summed E-state index contributed by atoms with van der Waals surface area (Å²) in [4.78, 5) is 30.9. The van der Waals surface area contributed by atoms with E-state index in [2.05, 4.69) is 4.98 Å². The lowest BCUT2D eigenvalue weighted by Gasteiger charge is -2.24. The van der Waals surface area contributed by atoms with Crippen LogP contribution in [0.2, 0.25) is 10.2 Å². The maximum atomic E-state index is 13.1. The zero-order valence-corrected chi connectivity index (χ0v) is 22.5. The molecule has 1 fully saturated rings. The van der Waals surface area contributed by atoms with Crippen LogP contribution in [0.3, 0.4) is 0 Å². The van der Waals surface area contributed by atoms with Crippen LogP contribution in [0.1, 0.15) is 31.4 Å². The minimum Gasteiger partial charge on any atom is -0.489 e. The number of aliphatic carboxylic acids is 1. The predicted molar refractivity (Wildman–Crippen MR) is 148 cm³/mol. The number of carbonyl (C=O) groups is 2. The molecule has 186 valence electrons. The molecule has 1 atom stereocenters. The van der Waals surface area contributed by atoms with Gasteiger partial charge in [0.1, 0.15) is 27.9 Å². The van der Waals surface area contributed by atoms with Gasteiger partial charge in [0, 0.05) is 16.0 Å². The Morgan fingerprint density at radius 1 is 1.19 bits per heavy atom. The Labute approximate surface area is 228 Å². The van der Waals surface area contributed by atoms with E-state index >= 15 is 0 Å². The Hall–Kier alpha value is -2.65. The lowest BCUT2D eigenvalue weighted by atomic mass is 10.0. The van der Waals surface area contributed by atoms with E-state index in [9.17, 15) is 14.7 Å². The average Bonchev–Trinajstić information content (AvgIpc) is 3.09. The van der Waals surface area contributed by atoms with E-state index in [1.807, 2.05) is 62.4 Å². The Morgan fingerprint density at radius 3 is 2.58 bits per heavy atom. The number of benzene rings is 2. The summed E-state index contributed by atoms with van der Waals surface area (Å²) >= 11 is 18.8. The first-order valence-electron chi connectivity index (χ1n) is 11.1. The highest BCUT2D eigenvalue weighted by atomic mass is 35.5. The normalized spacial score (nSPS) is 15.8. The first-order chi connectivity index (χ1) is 17.1. The minimum atomic E-state index is -1.09. The molecule has 1 N–H and O–H groups in total. The number of hydrogen-bond donors (Lipinski definition) is 1. The van der Waals surface area contributed by atoms with Gasteiger partial charge in [0.2, 0.25) is 0 Å². The van der Waals surface area contributed by atoms with Crippen LogP contribution < -0.4 is 4.74 Å². The lowest BCUT2D eigenvalue weighted by molar-refractivity contribution is -0.145. The highest BCUT2D eigenvalue weighted by Gasteiger charge is 2.40. The maximum Gasteiger partial charge on any atom is 0.326 e. The second-order valence-corrected chi connectivity index (χ2v) is 11.1. The summed E-state index contributed by atoms with van der Waals surface area (Å²) in [6.45, 7) is 4.18. The summed E-state index contributed by atoms with van der Waals surface area (Å²) in [5.74, 6) is -0.807. The van der Waals surface area contributed by atoms with Gasteiger partial charge in [-0.05, 0) is 60.4 Å². The minimum absolute atomic E-state index is 0.0787. The molecule has 0 bridgehead atoms. The van der Waals surface area contributed by atoms with E-state index in [0.29, 0.717) is 39.8 Å². The average molecular weight is 562 g/mol. The molecule has 1 saturated heterocycles. The number of amides is 1. The second-order valence-electron chi connectivity index (χ2n) is 8.67. The number of nitrogens with zero attached hydrogens (tertiary/aromatic N) is 2. The van der Waals surface area contributed by atoms with Crippen LogP contribution in [0.25, 0.3) is 17.0 Å². The molecule has 1 aliphatic rings. The van der Waals surface area contributed by atoms with E-state index in [1.54, 1.807) is 6.08 Å². The summed E-state index contributed by atoms with van der Waals surface area (Å²) in [6, 6.07) is 13.7. The molecule has 0 radical (unpaired) electrons. The summed E-state index contributed by atoms with van der Waals surface area (Å²) in [5, 5.41) is 11.3. The molecule has 0 saturated carbocycles. The SMILES string of the molecule is CC(C)C[C@@H](C(=O)O)N1C(=O)/C(=C/c2cc3cc(OCc4ccc(Cl)cc4)ccc3nc2Cl)SC1=S. The highest BCUT2D eigenvalue weighted by Crippen LogP contribution is 2.36. The van der Waals surface area contributed by atoms with Crippen molar-refractivity contribution in [2.24, 2.45) is 5.92 Å². The number of carboxylic acids is 1. The number of fused-ring (bicyclic) bond motifs is 1. The lowest BCUT2D eigenvalue weighted by Crippen LogP contribution is -2.44. The summed E-state index contributed by atoms with van der Waals surface area (Å²) in [6.07, 6.45) is 1.90. The van der Waals surface area contributed by atoms with Crippen molar-refractivity contribution in [3.05, 3.63) is 74.7 Å². The molecular formula is C26H22Cl2N2O4S2. The van der Waals surface area contributed by atoms with Gasteiger partial charge in [0.25, 0.3) is 5.91 Å². The van der Waals surface area contributed by atoms with E-state index in [4.69, 9.17) is 40.2 Å². The molecule has 1 aliphatic heterocycles. The van der Waals surface area contributed by atoms with Gasteiger partial charge in [-0.1, -0.05) is 73.2 Å². The molecule has 3 aromatic rings. The van der Waals surface area contributed by atoms with Crippen molar-refractivity contribution in [2.45, 2.75) is 32.9 Å². The number of carbonyl (C=O) groups excluding carboxylic acids is 1. The molecular weight excluding hydrogens is 539 g/mol. The maximum absolute atomic E-state index is 13.1. The van der Waals surface area contributed by atoms with Crippen LogP contribution in [0, 0.1) is 5.92 Å². The van der Waals surface area contributed by atoms with Crippen LogP contribution in [0.4, 0.5) is 0 Å². The van der Waals surface area contributed by atoms with E-state index in [1.165, 1.54) is 4.90 Å². The van der Waals surface area contributed by atoms with Gasteiger partial charge >= 0.3 is 5.97 Å². The fourth-order valence-corrected chi connectivity index (χ4v) is 5.41. The molecule has 36 heavy (non-hydrogen) atoms. The third-order valence-corrected chi connectivity index (χ3v) is 7.37. The molecule has 0 spiro atoms. The molecule has 0 unspecified atom stereocenters. The van der Waals surface area contributed by atoms with Crippen molar-refractivity contribution in [1.82, 2.24) is 9.88 Å². The summed E-state index contributed by atoms with van der Waals surface area (Å²) < 4.78 is 6.12. The zero-order valence-electron chi connectivity index (χ0n) is 19.4. The molecule has 1 aromatic heterocycles. The number of hydrogen-bond acceptors (Lipinski definition) is 6. The molecule has 2 heterocycles. The fraction of sp³-hybridized carbons (Fsp3) is 0.231. The van der Waals surface area contributed by atoms with Crippen molar-refractivity contribution in [2.75, 3.05) is 0 Å². The molecule has 6 nitrogen and oxygen atoms in total. The first kappa shape index (κ1) is 26.4. The quantitative estimate of drug-likeness (QED) is 0.184. The van der Waals surface area contributed by atoms with Crippen molar-refractivity contribution < 1.29 is 19.4 Å². The first-order valence-corrected chi connectivity index (χ1v) is 13.1. The van der Waals surface area contributed by atoms with E-state index in [0.717, 1.165) is 22.7 Å². The van der Waals surface area contributed by atoms with Crippen LogP contribution in [0.5, 0.6) is 5.75 Å². The number of halogens is 2. The third-order valence-electron chi connectivity index (χ3n) is 5.49. The predicted octanol–water partition coefficient (Wildman–Crippen LogP) is 6.82. The highest BCUT2D eigenvalue weighted by molar-refractivity contribution is 8.26. The van der Waals surface area contributed by atoms with Crippen molar-refractivity contribution in [3.63, 3.8) is 0 Å². The Bertz CT molecular complexity index is 1380. The van der Waals surface area contributed by atoms with E-state index < -0.39 is 17.9 Å². The van der Waals surface area contributed by atoms with Crippen LogP contribution in [-0.2, 0) is 16.2 Å². The van der Waals surface area contributed by atoms with Crippen LogP contribution in [0.15, 0.2) is 53.4 Å². The number of rotatable bonds is 8. The van der Waals surface area contributed by atoms with Crippen molar-refractivity contribution in [3.8, 4) is 5.75 Å². The number of thioether (sulfide) groups is 1. The Kier molecular flexibility index (Phi) is 8.20. The van der Waals surface area contributed by atoms with Gasteiger partial charge < -0.3 is 9.84 Å². The van der Waals surface area contributed by atoms with Crippen molar-refractivity contribution in [1.29, 1.82) is 0 Å². The number of aromatic nitrogens is 1. The van der Waals surface area contributed by atoms with Gasteiger partial charge in [-0.3, -0.25) is 9.69 Å². The largest absolute Gasteiger partial charge is 0.489 e. The summed E-state index contributed by atoms with van der Waals surface area (Å²) in [7, 11) is 0. The van der Waals surface area contributed by atoms with Gasteiger partial charge in [-0.2, -0.15) is 0 Å². The van der Waals surface area contributed by atoms with Crippen LogP contribution in [-0.4, -0.2) is 37.2 Å². The molecule has 10 heteroatoms. The number of carboxylic acid groups (broad SMARTS) is 1. The molecule has 4 rings (SSSR count). The number of pyridine rings is 1. The second kappa shape index (κ2) is 11.2. The Morgan fingerprint density at radius 2 is 1.92 bits per heavy atom. The van der Waals surface area contributed by atoms with Gasteiger partial charge in [0.05, 0.1) is 10.4 Å². The van der Waals surface area contributed by atoms with Gasteiger partial charge in [-0.15, -0.1) is 0 Å². The molecule has 1 amide bonds. The molecule has 2 aromatic carbocycles. The van der Waals surface area contributed by atoms with Gasteiger partial charge in [0.15, 0.2) is 0 Å². The van der Waals surface area contributed by atoms with Crippen LogP contribution >= 0.6 is 47.2 Å². The van der Waals surface area contributed by atoms with Crippen molar-refractivity contribution >= 4 is 80.4 Å². The number of thiocarbonyl (C=S) groups is 1. The molecule has 0 aliphatic carbocycles. The van der Waals surface area contributed by atoms with Gasteiger partial charge in [-0.25, -0.2) is 9.78 Å².